The average molecular weight is 288 g/mol. The Labute approximate surface area is 124 Å². The second-order valence-electron chi connectivity index (χ2n) is 4.67. The second-order valence-corrected chi connectivity index (χ2v) is 4.67. The maximum Gasteiger partial charge on any atom is 0.124 e. The highest BCUT2D eigenvalue weighted by atomic mass is 16.5. The van der Waals surface area contributed by atoms with Crippen molar-refractivity contribution >= 4 is 0 Å². The van der Waals surface area contributed by atoms with Crippen molar-refractivity contribution in [2.75, 3.05) is 14.2 Å². The lowest BCUT2D eigenvalue weighted by molar-refractivity contribution is 0.254. The molecule has 0 saturated carbocycles. The first kappa shape index (κ1) is 15.4. The first-order chi connectivity index (χ1) is 10.2. The summed E-state index contributed by atoms with van der Waals surface area (Å²) in [5.74, 6) is 0.566. The van der Waals surface area contributed by atoms with Gasteiger partial charge in [0.1, 0.15) is 5.75 Å². The summed E-state index contributed by atoms with van der Waals surface area (Å²) >= 11 is 0. The number of aliphatic hydroxyl groups is 2. The number of methoxy groups -OCH3 is 1. The Hall–Kier alpha value is -1.95. The fraction of sp³-hybridized carbons (Fsp3) is 0.312. The Kier molecular flexibility index (Phi) is 5.27. The molecule has 0 aliphatic carbocycles. The molecule has 112 valence electrons. The molecule has 2 aromatic rings. The van der Waals surface area contributed by atoms with Crippen molar-refractivity contribution in [2.45, 2.75) is 19.8 Å². The minimum Gasteiger partial charge on any atom is -0.496 e. The van der Waals surface area contributed by atoms with Gasteiger partial charge in [-0.2, -0.15) is 0 Å². The molecular weight excluding hydrogens is 268 g/mol. The molecule has 0 atom stereocenters. The van der Waals surface area contributed by atoms with Gasteiger partial charge in [0.25, 0.3) is 0 Å². The number of aliphatic hydroxyl groups excluding tert-OH is 2. The van der Waals surface area contributed by atoms with Crippen LogP contribution in [0.1, 0.15) is 16.7 Å². The molecule has 0 fully saturated rings. The summed E-state index contributed by atoms with van der Waals surface area (Å²) in [5.41, 5.74) is 3.92. The lowest BCUT2D eigenvalue weighted by Gasteiger charge is -2.15. The summed E-state index contributed by atoms with van der Waals surface area (Å²) in [6, 6.07) is 7.55. The number of hydrogen-bond acceptors (Lipinski definition) is 5. The van der Waals surface area contributed by atoms with Gasteiger partial charge in [-0.3, -0.25) is 4.98 Å². The van der Waals surface area contributed by atoms with Crippen molar-refractivity contribution in [2.24, 2.45) is 0 Å². The zero-order valence-electron chi connectivity index (χ0n) is 12.3. The molecule has 0 aliphatic heterocycles. The van der Waals surface area contributed by atoms with Crippen LogP contribution in [0.4, 0.5) is 0 Å². The Morgan fingerprint density at radius 2 is 1.90 bits per heavy atom. The Balaban J connectivity index is 2.55. The zero-order valence-corrected chi connectivity index (χ0v) is 12.3. The lowest BCUT2D eigenvalue weighted by Crippen LogP contribution is -2.06. The van der Waals surface area contributed by atoms with Crippen LogP contribution in [-0.4, -0.2) is 29.4 Å². The second kappa shape index (κ2) is 7.17. The van der Waals surface area contributed by atoms with Crippen LogP contribution < -0.4 is 10.1 Å². The van der Waals surface area contributed by atoms with Crippen molar-refractivity contribution in [1.82, 2.24) is 10.3 Å². The van der Waals surface area contributed by atoms with E-state index in [4.69, 9.17) is 4.74 Å². The number of pyridine rings is 1. The van der Waals surface area contributed by atoms with Gasteiger partial charge >= 0.3 is 0 Å². The molecule has 2 rings (SSSR count). The van der Waals surface area contributed by atoms with Crippen LogP contribution >= 0.6 is 0 Å². The molecule has 0 aliphatic rings. The van der Waals surface area contributed by atoms with Crippen molar-refractivity contribution in [1.29, 1.82) is 0 Å². The molecule has 1 aromatic carbocycles. The number of nitrogens with one attached hydrogen (secondary N) is 1. The van der Waals surface area contributed by atoms with Crippen molar-refractivity contribution in [3.63, 3.8) is 0 Å². The van der Waals surface area contributed by atoms with Crippen LogP contribution in [0.3, 0.4) is 0 Å². The standard InChI is InChI=1S/C16H20N2O3/c1-17-8-11-5-6-18-15(7-11)12-3-4-16(21-2)14(10-20)13(12)9-19/h3-7,17,19-20H,8-10H2,1-2H3. The van der Waals surface area contributed by atoms with E-state index >= 15 is 0 Å². The molecule has 0 radical (unpaired) electrons. The van der Waals surface area contributed by atoms with Crippen molar-refractivity contribution in [3.8, 4) is 17.0 Å². The van der Waals surface area contributed by atoms with E-state index in [1.54, 1.807) is 19.4 Å². The highest BCUT2D eigenvalue weighted by molar-refractivity contribution is 5.68. The summed E-state index contributed by atoms with van der Waals surface area (Å²) in [4.78, 5) is 4.37. The fourth-order valence-electron chi connectivity index (χ4n) is 2.39. The van der Waals surface area contributed by atoms with E-state index in [-0.39, 0.29) is 13.2 Å². The van der Waals surface area contributed by atoms with Crippen LogP contribution in [0.15, 0.2) is 30.5 Å². The molecule has 5 heteroatoms. The molecule has 0 bridgehead atoms. The maximum absolute atomic E-state index is 9.68. The quantitative estimate of drug-likeness (QED) is 0.750. The third-order valence-corrected chi connectivity index (χ3v) is 3.41. The summed E-state index contributed by atoms with van der Waals surface area (Å²) in [5, 5.41) is 22.3. The van der Waals surface area contributed by atoms with Crippen LogP contribution in [0, 0.1) is 0 Å². The minimum absolute atomic E-state index is 0.180. The number of benzene rings is 1. The summed E-state index contributed by atoms with van der Waals surface area (Å²) in [6.45, 7) is 0.371. The third kappa shape index (κ3) is 3.21. The number of ether oxygens (including phenoxy) is 1. The summed E-state index contributed by atoms with van der Waals surface area (Å²) in [6.07, 6.45) is 1.74. The van der Waals surface area contributed by atoms with Crippen LogP contribution in [-0.2, 0) is 19.8 Å². The maximum atomic E-state index is 9.68. The fourth-order valence-corrected chi connectivity index (χ4v) is 2.39. The van der Waals surface area contributed by atoms with Gasteiger partial charge in [-0.05, 0) is 42.4 Å². The van der Waals surface area contributed by atoms with Crippen LogP contribution in [0.25, 0.3) is 11.3 Å². The van der Waals surface area contributed by atoms with Gasteiger partial charge in [-0.1, -0.05) is 0 Å². The molecule has 1 heterocycles. The number of nitrogens with zero attached hydrogens (tertiary/aromatic N) is 1. The van der Waals surface area contributed by atoms with Gasteiger partial charge < -0.3 is 20.3 Å². The predicted molar refractivity (Wildman–Crippen MR) is 80.8 cm³/mol. The molecule has 5 nitrogen and oxygen atoms in total. The largest absolute Gasteiger partial charge is 0.496 e. The summed E-state index contributed by atoms with van der Waals surface area (Å²) < 4.78 is 5.23. The Bertz CT molecular complexity index is 614. The lowest BCUT2D eigenvalue weighted by atomic mass is 9.97. The minimum atomic E-state index is -0.191. The number of hydrogen-bond donors (Lipinski definition) is 3. The van der Waals surface area contributed by atoms with Gasteiger partial charge in [0.05, 0.1) is 26.0 Å². The van der Waals surface area contributed by atoms with Gasteiger partial charge in [0.2, 0.25) is 0 Å². The van der Waals surface area contributed by atoms with Gasteiger partial charge in [-0.15, -0.1) is 0 Å². The van der Waals surface area contributed by atoms with Crippen LogP contribution in [0.2, 0.25) is 0 Å². The Morgan fingerprint density at radius 3 is 2.52 bits per heavy atom. The van der Waals surface area contributed by atoms with E-state index in [0.717, 1.165) is 23.4 Å². The third-order valence-electron chi connectivity index (χ3n) is 3.41. The molecule has 21 heavy (non-hydrogen) atoms. The van der Waals surface area contributed by atoms with E-state index in [0.29, 0.717) is 16.9 Å². The predicted octanol–water partition coefficient (Wildman–Crippen LogP) is 1.46. The van der Waals surface area contributed by atoms with E-state index < -0.39 is 0 Å². The molecule has 0 unspecified atom stereocenters. The van der Waals surface area contributed by atoms with E-state index in [9.17, 15) is 10.2 Å². The first-order valence-electron chi connectivity index (χ1n) is 6.75. The van der Waals surface area contributed by atoms with E-state index in [1.165, 1.54) is 0 Å². The molecule has 0 saturated heterocycles. The smallest absolute Gasteiger partial charge is 0.124 e. The molecule has 3 N–H and O–H groups in total. The van der Waals surface area contributed by atoms with Gasteiger partial charge in [-0.25, -0.2) is 0 Å². The topological polar surface area (TPSA) is 74.6 Å². The van der Waals surface area contributed by atoms with E-state index in [1.807, 2.05) is 25.2 Å². The molecular formula is C16H20N2O3. The molecule has 0 amide bonds. The monoisotopic (exact) mass is 288 g/mol. The zero-order chi connectivity index (χ0) is 15.2. The van der Waals surface area contributed by atoms with Crippen molar-refractivity contribution < 1.29 is 14.9 Å². The molecule has 1 aromatic heterocycles. The highest BCUT2D eigenvalue weighted by Gasteiger charge is 2.15. The number of rotatable bonds is 6. The van der Waals surface area contributed by atoms with E-state index in [2.05, 4.69) is 10.3 Å². The van der Waals surface area contributed by atoms with Gasteiger partial charge in [0.15, 0.2) is 0 Å². The SMILES string of the molecule is CNCc1ccnc(-c2ccc(OC)c(CO)c2CO)c1. The summed E-state index contributed by atoms with van der Waals surface area (Å²) in [7, 11) is 3.43. The number of aromatic nitrogens is 1. The van der Waals surface area contributed by atoms with Crippen LogP contribution in [0.5, 0.6) is 5.75 Å². The van der Waals surface area contributed by atoms with Crippen molar-refractivity contribution in [3.05, 3.63) is 47.2 Å². The normalized spacial score (nSPS) is 10.7. The molecule has 0 spiro atoms. The first-order valence-corrected chi connectivity index (χ1v) is 6.75. The average Bonchev–Trinajstić information content (AvgIpc) is 2.53. The van der Waals surface area contributed by atoms with Gasteiger partial charge in [0, 0.05) is 23.9 Å². The Morgan fingerprint density at radius 1 is 1.14 bits per heavy atom. The highest BCUT2D eigenvalue weighted by Crippen LogP contribution is 2.31.